The highest BCUT2D eigenvalue weighted by atomic mass is 79.9. The SMILES string of the molecule is Cc1cncc(C(=O)Nc2ccc3cc(Br)ccc3c2)c1. The number of nitrogens with one attached hydrogen (secondary N) is 1. The Bertz CT molecular complexity index is 830. The fourth-order valence-electron chi connectivity index (χ4n) is 2.18. The highest BCUT2D eigenvalue weighted by molar-refractivity contribution is 9.10. The number of pyridine rings is 1. The van der Waals surface area contributed by atoms with Crippen LogP contribution >= 0.6 is 15.9 Å². The minimum absolute atomic E-state index is 0.150. The first kappa shape index (κ1) is 13.8. The zero-order chi connectivity index (χ0) is 14.8. The summed E-state index contributed by atoms with van der Waals surface area (Å²) in [6.07, 6.45) is 3.30. The van der Waals surface area contributed by atoms with Gasteiger partial charge in [0.25, 0.3) is 5.91 Å². The zero-order valence-corrected chi connectivity index (χ0v) is 13.0. The summed E-state index contributed by atoms with van der Waals surface area (Å²) in [6, 6.07) is 13.7. The van der Waals surface area contributed by atoms with Gasteiger partial charge in [0.15, 0.2) is 0 Å². The highest BCUT2D eigenvalue weighted by Crippen LogP contribution is 2.23. The number of anilines is 1. The second-order valence-electron chi connectivity index (χ2n) is 4.91. The van der Waals surface area contributed by atoms with E-state index in [2.05, 4.69) is 26.2 Å². The Kier molecular flexibility index (Phi) is 3.71. The number of aromatic nitrogens is 1. The lowest BCUT2D eigenvalue weighted by molar-refractivity contribution is 0.102. The van der Waals surface area contributed by atoms with Crippen LogP contribution in [0.2, 0.25) is 0 Å². The molecule has 21 heavy (non-hydrogen) atoms. The molecule has 1 aromatic heterocycles. The molecule has 0 bridgehead atoms. The fourth-order valence-corrected chi connectivity index (χ4v) is 2.56. The molecule has 1 N–H and O–H groups in total. The van der Waals surface area contributed by atoms with Crippen molar-refractivity contribution in [3.05, 3.63) is 70.5 Å². The van der Waals surface area contributed by atoms with E-state index in [0.717, 1.165) is 26.5 Å². The number of hydrogen-bond donors (Lipinski definition) is 1. The summed E-state index contributed by atoms with van der Waals surface area (Å²) in [6.45, 7) is 1.91. The Balaban J connectivity index is 1.87. The van der Waals surface area contributed by atoms with Gasteiger partial charge in [-0.3, -0.25) is 9.78 Å². The van der Waals surface area contributed by atoms with Crippen molar-refractivity contribution in [2.45, 2.75) is 6.92 Å². The summed E-state index contributed by atoms with van der Waals surface area (Å²) < 4.78 is 1.04. The van der Waals surface area contributed by atoms with Crippen molar-refractivity contribution in [2.24, 2.45) is 0 Å². The molecule has 2 aromatic carbocycles. The molecular formula is C17H13BrN2O. The van der Waals surface area contributed by atoms with Gasteiger partial charge in [-0.2, -0.15) is 0 Å². The summed E-state index contributed by atoms with van der Waals surface area (Å²) in [4.78, 5) is 16.2. The number of carbonyl (C=O) groups is 1. The second-order valence-corrected chi connectivity index (χ2v) is 5.83. The third kappa shape index (κ3) is 3.11. The van der Waals surface area contributed by atoms with E-state index >= 15 is 0 Å². The molecule has 0 aliphatic heterocycles. The number of benzene rings is 2. The molecule has 0 spiro atoms. The van der Waals surface area contributed by atoms with Crippen LogP contribution in [0.5, 0.6) is 0 Å². The quantitative estimate of drug-likeness (QED) is 0.743. The molecule has 0 saturated carbocycles. The van der Waals surface area contributed by atoms with Crippen molar-refractivity contribution in [1.82, 2.24) is 4.98 Å². The number of carbonyl (C=O) groups excluding carboxylic acids is 1. The molecule has 0 atom stereocenters. The maximum Gasteiger partial charge on any atom is 0.257 e. The summed E-state index contributed by atoms with van der Waals surface area (Å²) in [5.74, 6) is -0.150. The molecule has 1 amide bonds. The molecule has 3 rings (SSSR count). The Labute approximate surface area is 131 Å². The molecule has 0 aliphatic carbocycles. The van der Waals surface area contributed by atoms with Crippen molar-refractivity contribution < 1.29 is 4.79 Å². The van der Waals surface area contributed by atoms with E-state index in [1.807, 2.05) is 49.4 Å². The summed E-state index contributed by atoms with van der Waals surface area (Å²) in [7, 11) is 0. The first-order valence-electron chi connectivity index (χ1n) is 6.54. The van der Waals surface area contributed by atoms with Gasteiger partial charge >= 0.3 is 0 Å². The number of nitrogens with zero attached hydrogens (tertiary/aromatic N) is 1. The van der Waals surface area contributed by atoms with Crippen molar-refractivity contribution in [3.8, 4) is 0 Å². The third-order valence-electron chi connectivity index (χ3n) is 3.20. The standard InChI is InChI=1S/C17H13BrN2O/c1-11-6-14(10-19-9-11)17(21)20-16-5-3-12-7-15(18)4-2-13(12)8-16/h2-10H,1H3,(H,20,21). The number of hydrogen-bond acceptors (Lipinski definition) is 2. The number of amides is 1. The van der Waals surface area contributed by atoms with E-state index in [1.165, 1.54) is 0 Å². The van der Waals surface area contributed by atoms with Gasteiger partial charge in [0.05, 0.1) is 5.56 Å². The number of rotatable bonds is 2. The first-order valence-corrected chi connectivity index (χ1v) is 7.33. The average molecular weight is 341 g/mol. The van der Waals surface area contributed by atoms with Gasteiger partial charge in [-0.05, 0) is 53.6 Å². The molecule has 4 heteroatoms. The number of aryl methyl sites for hydroxylation is 1. The van der Waals surface area contributed by atoms with Crippen molar-refractivity contribution in [2.75, 3.05) is 5.32 Å². The third-order valence-corrected chi connectivity index (χ3v) is 3.69. The molecule has 0 fully saturated rings. The van der Waals surface area contributed by atoms with Crippen LogP contribution in [0.4, 0.5) is 5.69 Å². The summed E-state index contributed by atoms with van der Waals surface area (Å²) in [5, 5.41) is 5.11. The van der Waals surface area contributed by atoms with E-state index in [1.54, 1.807) is 12.4 Å². The smallest absolute Gasteiger partial charge is 0.257 e. The normalized spacial score (nSPS) is 10.6. The molecule has 0 radical (unpaired) electrons. The fraction of sp³-hybridized carbons (Fsp3) is 0.0588. The van der Waals surface area contributed by atoms with Crippen LogP contribution in [0.15, 0.2) is 59.3 Å². The van der Waals surface area contributed by atoms with Crippen LogP contribution in [-0.2, 0) is 0 Å². The van der Waals surface area contributed by atoms with Crippen LogP contribution in [0.1, 0.15) is 15.9 Å². The Morgan fingerprint density at radius 3 is 2.62 bits per heavy atom. The Hall–Kier alpha value is -2.20. The molecule has 1 heterocycles. The lowest BCUT2D eigenvalue weighted by Crippen LogP contribution is -2.12. The predicted molar refractivity (Wildman–Crippen MR) is 88.6 cm³/mol. The molecule has 0 unspecified atom stereocenters. The van der Waals surface area contributed by atoms with Gasteiger partial charge in [-0.25, -0.2) is 0 Å². The van der Waals surface area contributed by atoms with Gasteiger partial charge in [-0.1, -0.05) is 28.1 Å². The van der Waals surface area contributed by atoms with Crippen molar-refractivity contribution in [3.63, 3.8) is 0 Å². The van der Waals surface area contributed by atoms with Crippen molar-refractivity contribution in [1.29, 1.82) is 0 Å². The average Bonchev–Trinajstić information content (AvgIpc) is 2.47. The summed E-state index contributed by atoms with van der Waals surface area (Å²) in [5.41, 5.74) is 2.30. The van der Waals surface area contributed by atoms with Gasteiger partial charge < -0.3 is 5.32 Å². The first-order chi connectivity index (χ1) is 10.1. The lowest BCUT2D eigenvalue weighted by atomic mass is 10.1. The van der Waals surface area contributed by atoms with Crippen LogP contribution in [0.3, 0.4) is 0 Å². The maximum atomic E-state index is 12.2. The molecule has 3 nitrogen and oxygen atoms in total. The van der Waals surface area contributed by atoms with E-state index in [-0.39, 0.29) is 5.91 Å². The maximum absolute atomic E-state index is 12.2. The minimum atomic E-state index is -0.150. The van der Waals surface area contributed by atoms with E-state index < -0.39 is 0 Å². The Morgan fingerprint density at radius 2 is 1.81 bits per heavy atom. The van der Waals surface area contributed by atoms with Crippen LogP contribution in [0, 0.1) is 6.92 Å². The van der Waals surface area contributed by atoms with Crippen LogP contribution in [0.25, 0.3) is 10.8 Å². The molecule has 104 valence electrons. The van der Waals surface area contributed by atoms with E-state index in [4.69, 9.17) is 0 Å². The monoisotopic (exact) mass is 340 g/mol. The Morgan fingerprint density at radius 1 is 1.05 bits per heavy atom. The van der Waals surface area contributed by atoms with Gasteiger partial charge in [0.1, 0.15) is 0 Å². The van der Waals surface area contributed by atoms with Gasteiger partial charge in [0.2, 0.25) is 0 Å². The van der Waals surface area contributed by atoms with E-state index in [9.17, 15) is 4.79 Å². The molecule has 0 saturated heterocycles. The summed E-state index contributed by atoms with van der Waals surface area (Å²) >= 11 is 3.45. The predicted octanol–water partition coefficient (Wildman–Crippen LogP) is 4.56. The number of fused-ring (bicyclic) bond motifs is 1. The van der Waals surface area contributed by atoms with E-state index in [0.29, 0.717) is 5.56 Å². The minimum Gasteiger partial charge on any atom is -0.322 e. The molecular weight excluding hydrogens is 328 g/mol. The van der Waals surface area contributed by atoms with Gasteiger partial charge in [0, 0.05) is 22.6 Å². The number of halogens is 1. The van der Waals surface area contributed by atoms with Crippen LogP contribution in [-0.4, -0.2) is 10.9 Å². The highest BCUT2D eigenvalue weighted by Gasteiger charge is 2.07. The lowest BCUT2D eigenvalue weighted by Gasteiger charge is -2.07. The van der Waals surface area contributed by atoms with Crippen molar-refractivity contribution >= 4 is 38.3 Å². The van der Waals surface area contributed by atoms with Crippen LogP contribution < -0.4 is 5.32 Å². The molecule has 0 aliphatic rings. The molecule has 3 aromatic rings. The second kappa shape index (κ2) is 5.66. The van der Waals surface area contributed by atoms with Gasteiger partial charge in [-0.15, -0.1) is 0 Å². The largest absolute Gasteiger partial charge is 0.322 e. The zero-order valence-electron chi connectivity index (χ0n) is 11.4. The topological polar surface area (TPSA) is 42.0 Å².